The van der Waals surface area contributed by atoms with Crippen LogP contribution in [0.5, 0.6) is 0 Å². The molecule has 1 fully saturated rings. The zero-order chi connectivity index (χ0) is 19.6. The number of nitrogens with one attached hydrogen (secondary N) is 1. The van der Waals surface area contributed by atoms with Gasteiger partial charge in [0.1, 0.15) is 17.1 Å². The molecule has 0 bridgehead atoms. The van der Waals surface area contributed by atoms with Gasteiger partial charge in [-0.15, -0.1) is 12.4 Å². The lowest BCUT2D eigenvalue weighted by molar-refractivity contribution is -0.137. The van der Waals surface area contributed by atoms with Crippen LogP contribution in [0.15, 0.2) is 40.8 Å². The van der Waals surface area contributed by atoms with Crippen LogP contribution in [0.2, 0.25) is 0 Å². The highest BCUT2D eigenvalue weighted by Gasteiger charge is 2.36. The molecule has 1 aromatic carbocycles. The molecule has 2 aromatic rings. The van der Waals surface area contributed by atoms with Crippen LogP contribution in [-0.4, -0.2) is 35.8 Å². The maximum atomic E-state index is 12.9. The first-order chi connectivity index (χ1) is 12.8. The fourth-order valence-corrected chi connectivity index (χ4v) is 3.58. The number of furan rings is 1. The summed E-state index contributed by atoms with van der Waals surface area (Å²) in [5.41, 5.74) is 6.67. The van der Waals surface area contributed by atoms with Gasteiger partial charge in [-0.1, -0.05) is 30.3 Å². The Morgan fingerprint density at radius 3 is 2.32 bits per heavy atom. The van der Waals surface area contributed by atoms with Gasteiger partial charge in [0.15, 0.2) is 0 Å². The van der Waals surface area contributed by atoms with Gasteiger partial charge in [-0.3, -0.25) is 9.59 Å². The van der Waals surface area contributed by atoms with Crippen LogP contribution in [-0.2, 0) is 10.3 Å². The number of nitrogens with zero attached hydrogens (tertiary/aromatic N) is 1. The number of carbonyl (C=O) groups excluding carboxylic acids is 2. The molecule has 1 aliphatic rings. The number of benzene rings is 1. The van der Waals surface area contributed by atoms with E-state index in [1.807, 2.05) is 37.3 Å². The predicted octanol–water partition coefficient (Wildman–Crippen LogP) is 2.91. The molecule has 6 nitrogen and oxygen atoms in total. The van der Waals surface area contributed by atoms with Gasteiger partial charge in [0.2, 0.25) is 5.91 Å². The summed E-state index contributed by atoms with van der Waals surface area (Å²) >= 11 is 0. The Balaban J connectivity index is 0.00000280. The minimum Gasteiger partial charge on any atom is -0.466 e. The summed E-state index contributed by atoms with van der Waals surface area (Å²) in [6.45, 7) is 6.52. The number of nitrogens with two attached hydrogens (primary N) is 1. The van der Waals surface area contributed by atoms with Crippen LogP contribution in [0.1, 0.15) is 47.2 Å². The molecule has 1 unspecified atom stereocenters. The Bertz CT molecular complexity index is 825. The topological polar surface area (TPSA) is 88.6 Å². The third kappa shape index (κ3) is 4.56. The summed E-state index contributed by atoms with van der Waals surface area (Å²) in [6.07, 6.45) is 1.41. The summed E-state index contributed by atoms with van der Waals surface area (Å²) in [5.74, 6) is 1.14. The maximum Gasteiger partial charge on any atom is 0.255 e. The second-order valence-electron chi connectivity index (χ2n) is 7.44. The molecular weight excluding hydrogens is 378 g/mol. The summed E-state index contributed by atoms with van der Waals surface area (Å²) in [6, 6.07) is 11.2. The summed E-state index contributed by atoms with van der Waals surface area (Å²) in [5, 5.41) is 3.05. The average molecular weight is 406 g/mol. The lowest BCUT2D eigenvalue weighted by atomic mass is 9.90. The Morgan fingerprint density at radius 2 is 1.79 bits per heavy atom. The molecule has 0 saturated carbocycles. The average Bonchev–Trinajstić information content (AvgIpc) is 3.01. The molecule has 3 N–H and O–H groups in total. The summed E-state index contributed by atoms with van der Waals surface area (Å²) in [7, 11) is 0. The van der Waals surface area contributed by atoms with Crippen molar-refractivity contribution in [2.45, 2.75) is 45.2 Å². The van der Waals surface area contributed by atoms with Gasteiger partial charge >= 0.3 is 0 Å². The Kier molecular flexibility index (Phi) is 6.91. The number of amides is 2. The molecule has 2 amide bonds. The van der Waals surface area contributed by atoms with Gasteiger partial charge in [0, 0.05) is 19.1 Å². The number of hydrogen-bond acceptors (Lipinski definition) is 4. The van der Waals surface area contributed by atoms with E-state index in [0.717, 1.165) is 11.3 Å². The van der Waals surface area contributed by atoms with E-state index in [-0.39, 0.29) is 30.3 Å². The second-order valence-corrected chi connectivity index (χ2v) is 7.44. The molecule has 7 heteroatoms. The SMILES string of the molecule is Cc1cc(C(=O)NC2CCN(C(=O)C(C)(N)c3ccccc3)CC2)c(C)o1.Cl. The Hall–Kier alpha value is -2.31. The first-order valence-corrected chi connectivity index (χ1v) is 9.30. The summed E-state index contributed by atoms with van der Waals surface area (Å²) < 4.78 is 5.43. The van der Waals surface area contributed by atoms with Gasteiger partial charge in [0.05, 0.1) is 5.56 Å². The van der Waals surface area contributed by atoms with Gasteiger partial charge < -0.3 is 20.4 Å². The van der Waals surface area contributed by atoms with E-state index in [9.17, 15) is 9.59 Å². The molecule has 3 rings (SSSR count). The van der Waals surface area contributed by atoms with Crippen molar-refractivity contribution in [1.82, 2.24) is 10.2 Å². The minimum atomic E-state index is -1.05. The molecule has 0 radical (unpaired) electrons. The van der Waals surface area contributed by atoms with E-state index in [4.69, 9.17) is 10.2 Å². The number of rotatable bonds is 4. The summed E-state index contributed by atoms with van der Waals surface area (Å²) in [4.78, 5) is 27.1. The molecule has 2 heterocycles. The van der Waals surface area contributed by atoms with Crippen molar-refractivity contribution in [1.29, 1.82) is 0 Å². The van der Waals surface area contributed by atoms with E-state index >= 15 is 0 Å². The predicted molar refractivity (Wildman–Crippen MR) is 110 cm³/mol. The molecule has 0 spiro atoms. The third-order valence-corrected chi connectivity index (χ3v) is 5.22. The van der Waals surface area contributed by atoms with Crippen molar-refractivity contribution in [2.75, 3.05) is 13.1 Å². The van der Waals surface area contributed by atoms with E-state index < -0.39 is 5.54 Å². The third-order valence-electron chi connectivity index (χ3n) is 5.22. The van der Waals surface area contributed by atoms with Gasteiger partial charge in [-0.2, -0.15) is 0 Å². The van der Waals surface area contributed by atoms with Crippen LogP contribution in [0.3, 0.4) is 0 Å². The molecule has 28 heavy (non-hydrogen) atoms. The van der Waals surface area contributed by atoms with Crippen molar-refractivity contribution >= 4 is 24.2 Å². The quantitative estimate of drug-likeness (QED) is 0.818. The van der Waals surface area contributed by atoms with Crippen molar-refractivity contribution in [3.63, 3.8) is 0 Å². The van der Waals surface area contributed by atoms with Crippen molar-refractivity contribution in [3.05, 3.63) is 59.0 Å². The molecule has 0 aliphatic carbocycles. The number of aryl methyl sites for hydroxylation is 2. The van der Waals surface area contributed by atoms with Gasteiger partial charge in [-0.05, 0) is 45.2 Å². The van der Waals surface area contributed by atoms with E-state index in [0.29, 0.717) is 37.3 Å². The maximum absolute atomic E-state index is 12.9. The van der Waals surface area contributed by atoms with Crippen LogP contribution in [0.25, 0.3) is 0 Å². The molecular formula is C21H28ClN3O3. The monoisotopic (exact) mass is 405 g/mol. The lowest BCUT2D eigenvalue weighted by Crippen LogP contribution is -2.55. The largest absolute Gasteiger partial charge is 0.466 e. The Labute approximate surface area is 171 Å². The van der Waals surface area contributed by atoms with E-state index in [2.05, 4.69) is 5.32 Å². The van der Waals surface area contributed by atoms with Crippen LogP contribution >= 0.6 is 12.4 Å². The number of carbonyl (C=O) groups is 2. The van der Waals surface area contributed by atoms with E-state index in [1.54, 1.807) is 24.8 Å². The van der Waals surface area contributed by atoms with Crippen LogP contribution in [0, 0.1) is 13.8 Å². The zero-order valence-electron chi connectivity index (χ0n) is 16.5. The molecule has 1 atom stereocenters. The highest BCUT2D eigenvalue weighted by atomic mass is 35.5. The van der Waals surface area contributed by atoms with Crippen LogP contribution < -0.4 is 11.1 Å². The Morgan fingerprint density at radius 1 is 1.18 bits per heavy atom. The molecule has 1 aliphatic heterocycles. The number of likely N-dealkylation sites (tertiary alicyclic amines) is 1. The second kappa shape index (κ2) is 8.80. The standard InChI is InChI=1S/C21H27N3O3.ClH/c1-14-13-18(15(2)27-14)19(25)23-17-9-11-24(12-10-17)20(26)21(3,22)16-7-5-4-6-8-16;/h4-8,13,17H,9-12,22H2,1-3H3,(H,23,25);1H. The smallest absolute Gasteiger partial charge is 0.255 e. The first kappa shape index (κ1) is 22.0. The van der Waals surface area contributed by atoms with Crippen molar-refractivity contribution in [2.24, 2.45) is 5.73 Å². The highest BCUT2D eigenvalue weighted by molar-refractivity contribution is 5.95. The molecule has 152 valence electrons. The van der Waals surface area contributed by atoms with E-state index in [1.165, 1.54) is 0 Å². The van der Waals surface area contributed by atoms with Crippen LogP contribution in [0.4, 0.5) is 0 Å². The fourth-order valence-electron chi connectivity index (χ4n) is 3.58. The van der Waals surface area contributed by atoms with Crippen molar-refractivity contribution in [3.8, 4) is 0 Å². The van der Waals surface area contributed by atoms with Gasteiger partial charge in [-0.25, -0.2) is 0 Å². The molecule has 1 saturated heterocycles. The normalized spacial score (nSPS) is 16.8. The zero-order valence-corrected chi connectivity index (χ0v) is 17.3. The fraction of sp³-hybridized carbons (Fsp3) is 0.429. The first-order valence-electron chi connectivity index (χ1n) is 9.30. The minimum absolute atomic E-state index is 0. The highest BCUT2D eigenvalue weighted by Crippen LogP contribution is 2.23. The number of hydrogen-bond donors (Lipinski definition) is 2. The number of piperidine rings is 1. The van der Waals surface area contributed by atoms with Gasteiger partial charge in [0.25, 0.3) is 5.91 Å². The number of halogens is 1. The lowest BCUT2D eigenvalue weighted by Gasteiger charge is -2.37. The molecule has 1 aromatic heterocycles. The van der Waals surface area contributed by atoms with Crippen molar-refractivity contribution < 1.29 is 14.0 Å².